The number of nitrogens with zero attached hydrogens (tertiary/aromatic N) is 3. The number of aromatic nitrogens is 3. The van der Waals surface area contributed by atoms with Crippen LogP contribution in [0.25, 0.3) is 22.2 Å². The van der Waals surface area contributed by atoms with Gasteiger partial charge in [0.1, 0.15) is 47.2 Å². The number of aliphatic hydroxyl groups is 1. The molecule has 4 N–H and O–H groups in total. The average Bonchev–Trinajstić information content (AvgIpc) is 3.65. The van der Waals surface area contributed by atoms with Gasteiger partial charge in [0, 0.05) is 28.3 Å². The number of nitrogens with one attached hydrogen (secondary N) is 1. The number of rotatable bonds is 9. The number of alkyl halides is 4. The monoisotopic (exact) mass is 631 g/mol. The van der Waals surface area contributed by atoms with Crippen molar-refractivity contribution in [3.63, 3.8) is 0 Å². The molecule has 1 aliphatic heterocycles. The molecule has 3 heterocycles. The van der Waals surface area contributed by atoms with E-state index < -0.39 is 60.3 Å². The van der Waals surface area contributed by atoms with Crippen LogP contribution in [0.15, 0.2) is 48.7 Å². The highest BCUT2D eigenvalue weighted by atomic mass is 19.4. The average molecular weight is 632 g/mol. The predicted molar refractivity (Wildman–Crippen MR) is 149 cm³/mol. The normalized spacial score (nSPS) is 19.1. The highest BCUT2D eigenvalue weighted by molar-refractivity contribution is 6.00. The Labute approximate surface area is 251 Å². The summed E-state index contributed by atoms with van der Waals surface area (Å²) in [7, 11) is 1.36. The number of amides is 2. The van der Waals surface area contributed by atoms with Crippen molar-refractivity contribution in [1.29, 1.82) is 0 Å². The van der Waals surface area contributed by atoms with Crippen LogP contribution >= 0.6 is 0 Å². The zero-order valence-corrected chi connectivity index (χ0v) is 23.6. The molecule has 2 aliphatic rings. The van der Waals surface area contributed by atoms with Crippen molar-refractivity contribution >= 4 is 22.7 Å². The number of hydrogen-bond acceptors (Lipinski definition) is 7. The smallest absolute Gasteiger partial charge is 0.424 e. The Morgan fingerprint density at radius 3 is 2.51 bits per heavy atom. The summed E-state index contributed by atoms with van der Waals surface area (Å²) in [6.07, 6.45) is -1.85. The van der Waals surface area contributed by atoms with E-state index in [9.17, 15) is 36.6 Å². The molecule has 0 bridgehead atoms. The molecule has 0 saturated heterocycles. The second kappa shape index (κ2) is 10.7. The van der Waals surface area contributed by atoms with Gasteiger partial charge in [-0.15, -0.1) is 0 Å². The van der Waals surface area contributed by atoms with Crippen molar-refractivity contribution in [2.45, 2.75) is 36.1 Å². The second-order valence-electron chi connectivity index (χ2n) is 11.1. The van der Waals surface area contributed by atoms with E-state index in [1.165, 1.54) is 31.4 Å². The van der Waals surface area contributed by atoms with Crippen LogP contribution in [0, 0.1) is 5.82 Å². The Morgan fingerprint density at radius 2 is 1.91 bits per heavy atom. The molecule has 1 saturated carbocycles. The van der Waals surface area contributed by atoms with Crippen molar-refractivity contribution in [3.8, 4) is 22.8 Å². The molecule has 6 rings (SSSR count). The van der Waals surface area contributed by atoms with E-state index in [1.54, 1.807) is 10.9 Å². The molecule has 0 radical (unpaired) electrons. The second-order valence-corrected chi connectivity index (χ2v) is 11.1. The van der Waals surface area contributed by atoms with E-state index >= 15 is 0 Å². The zero-order valence-electron chi connectivity index (χ0n) is 23.6. The van der Waals surface area contributed by atoms with Crippen molar-refractivity contribution in [1.82, 2.24) is 20.1 Å². The molecule has 1 fully saturated rings. The number of carbonyl (C=O) groups excluding carboxylic acids is 2. The van der Waals surface area contributed by atoms with Crippen LogP contribution < -0.4 is 20.5 Å². The number of carbonyl (C=O) groups is 2. The first-order valence-corrected chi connectivity index (χ1v) is 13.8. The molecule has 236 valence electrons. The lowest BCUT2D eigenvalue weighted by Gasteiger charge is -2.31. The molecule has 45 heavy (non-hydrogen) atoms. The summed E-state index contributed by atoms with van der Waals surface area (Å²) in [5.41, 5.74) is -1.88. The fraction of sp³-hybridized carbons (Fsp3) is 0.333. The number of ether oxygens (including phenoxy) is 2. The van der Waals surface area contributed by atoms with E-state index in [0.29, 0.717) is 17.0 Å². The third-order valence-corrected chi connectivity index (χ3v) is 8.16. The minimum Gasteiger partial charge on any atom is -0.494 e. The summed E-state index contributed by atoms with van der Waals surface area (Å²) in [4.78, 5) is 29.6. The summed E-state index contributed by atoms with van der Waals surface area (Å²) >= 11 is 0. The Balaban J connectivity index is 1.41. The van der Waals surface area contributed by atoms with E-state index in [1.807, 2.05) is 0 Å². The lowest BCUT2D eigenvalue weighted by atomic mass is 9.81. The van der Waals surface area contributed by atoms with Crippen LogP contribution in [-0.4, -0.2) is 64.8 Å². The van der Waals surface area contributed by atoms with Crippen LogP contribution in [0.5, 0.6) is 11.5 Å². The van der Waals surface area contributed by atoms with Gasteiger partial charge in [0.15, 0.2) is 0 Å². The van der Waals surface area contributed by atoms with Gasteiger partial charge in [0.25, 0.3) is 5.91 Å². The maximum absolute atomic E-state index is 14.7. The minimum atomic E-state index is -5.45. The highest BCUT2D eigenvalue weighted by Gasteiger charge is 2.58. The van der Waals surface area contributed by atoms with E-state index in [2.05, 4.69) is 15.4 Å². The van der Waals surface area contributed by atoms with E-state index in [0.717, 1.165) is 25.0 Å². The molecule has 0 spiro atoms. The molecule has 2 atom stereocenters. The molecule has 1 unspecified atom stereocenters. The summed E-state index contributed by atoms with van der Waals surface area (Å²) in [6, 6.07) is 8.06. The highest BCUT2D eigenvalue weighted by Crippen LogP contribution is 2.48. The largest absolute Gasteiger partial charge is 0.494 e. The number of primary amides is 1. The number of methoxy groups -OCH3 is 1. The summed E-state index contributed by atoms with van der Waals surface area (Å²) in [5.74, 6) is -2.88. The van der Waals surface area contributed by atoms with Crippen LogP contribution in [-0.2, 0) is 15.8 Å². The van der Waals surface area contributed by atoms with Gasteiger partial charge in [-0.3, -0.25) is 14.3 Å². The number of benzene rings is 2. The molecular formula is C30H26F5N5O5. The SMILES string of the molecule is COc1cc(C(=O)NC[C@](O)(c2cc3c(c(-c4ccc(F)cc4)n2)OCC3(CF)C(N)=O)C(F)(F)F)cc2cn(C3CC3)nc12. The van der Waals surface area contributed by atoms with Gasteiger partial charge in [-0.05, 0) is 55.3 Å². The number of fused-ring (bicyclic) bond motifs is 2. The molecule has 1 aliphatic carbocycles. The van der Waals surface area contributed by atoms with Crippen LogP contribution in [0.2, 0.25) is 0 Å². The van der Waals surface area contributed by atoms with Crippen LogP contribution in [0.3, 0.4) is 0 Å². The Bertz CT molecular complexity index is 1820. The Kier molecular flexibility index (Phi) is 7.18. The van der Waals surface area contributed by atoms with Gasteiger partial charge in [-0.25, -0.2) is 13.8 Å². The lowest BCUT2D eigenvalue weighted by Crippen LogP contribution is -2.52. The first-order valence-electron chi connectivity index (χ1n) is 13.8. The third-order valence-electron chi connectivity index (χ3n) is 8.16. The Morgan fingerprint density at radius 1 is 1.20 bits per heavy atom. The molecule has 2 aromatic heterocycles. The maximum atomic E-state index is 14.7. The number of pyridine rings is 1. The van der Waals surface area contributed by atoms with Gasteiger partial charge >= 0.3 is 6.18 Å². The quantitative estimate of drug-likeness (QED) is 0.239. The fourth-order valence-electron chi connectivity index (χ4n) is 5.28. The lowest BCUT2D eigenvalue weighted by molar-refractivity contribution is -0.265. The van der Waals surface area contributed by atoms with Gasteiger partial charge in [0.2, 0.25) is 11.5 Å². The molecule has 2 amide bonds. The Hall–Kier alpha value is -4.79. The van der Waals surface area contributed by atoms with Crippen molar-refractivity contribution in [3.05, 3.63) is 71.3 Å². The predicted octanol–water partition coefficient (Wildman–Crippen LogP) is 3.85. The first kappa shape index (κ1) is 30.2. The van der Waals surface area contributed by atoms with Crippen molar-refractivity contribution < 1.29 is 46.1 Å². The van der Waals surface area contributed by atoms with Crippen molar-refractivity contribution in [2.24, 2.45) is 5.73 Å². The summed E-state index contributed by atoms with van der Waals surface area (Å²) in [6.45, 7) is -3.49. The molecule has 4 aromatic rings. The molecular weight excluding hydrogens is 605 g/mol. The van der Waals surface area contributed by atoms with Crippen LogP contribution in [0.4, 0.5) is 22.0 Å². The topological polar surface area (TPSA) is 142 Å². The molecule has 15 heteroatoms. The number of nitrogens with two attached hydrogens (primary N) is 1. The standard InChI is InChI=1S/C30H26F5N5O5/c1-44-21-9-16(8-17-11-40(19-6-7-19)39-23(17)21)26(41)37-13-29(43,30(33,34)35)22-10-20-25(45-14-28(20,12-31)27(36)42)24(38-22)15-2-4-18(32)5-3-15/h2-5,8-11,19,43H,6-7,12-14H2,1H3,(H2,36,42)(H,37,41)/t28?,29-/m0/s1. The summed E-state index contributed by atoms with van der Waals surface area (Å²) in [5, 5.41) is 18.3. The van der Waals surface area contributed by atoms with E-state index in [4.69, 9.17) is 15.2 Å². The number of halogens is 5. The number of hydrogen-bond donors (Lipinski definition) is 3. The van der Waals surface area contributed by atoms with Crippen molar-refractivity contribution in [2.75, 3.05) is 26.9 Å². The van der Waals surface area contributed by atoms with Gasteiger partial charge in [0.05, 0.1) is 25.4 Å². The summed E-state index contributed by atoms with van der Waals surface area (Å²) < 4.78 is 84.8. The minimum absolute atomic E-state index is 0.0503. The van der Waals surface area contributed by atoms with Gasteiger partial charge < -0.3 is 25.6 Å². The third kappa shape index (κ3) is 5.00. The van der Waals surface area contributed by atoms with Gasteiger partial charge in [-0.2, -0.15) is 18.3 Å². The first-order chi connectivity index (χ1) is 21.3. The molecule has 10 nitrogen and oxygen atoms in total. The maximum Gasteiger partial charge on any atom is 0.424 e. The zero-order chi connectivity index (χ0) is 32.3. The van der Waals surface area contributed by atoms with E-state index in [-0.39, 0.29) is 39.9 Å². The fourth-order valence-corrected chi connectivity index (χ4v) is 5.28. The van der Waals surface area contributed by atoms with Crippen LogP contribution in [0.1, 0.15) is 40.5 Å². The molecule has 2 aromatic carbocycles. The van der Waals surface area contributed by atoms with Gasteiger partial charge in [-0.1, -0.05) is 0 Å².